The summed E-state index contributed by atoms with van der Waals surface area (Å²) in [5.74, 6) is 0.700. The van der Waals surface area contributed by atoms with Crippen molar-refractivity contribution in [1.29, 1.82) is 0 Å². The summed E-state index contributed by atoms with van der Waals surface area (Å²) in [7, 11) is 1.63. The predicted octanol–water partition coefficient (Wildman–Crippen LogP) is 2.95. The van der Waals surface area contributed by atoms with Gasteiger partial charge in [0.25, 0.3) is 0 Å². The topological polar surface area (TPSA) is 26.3 Å². The summed E-state index contributed by atoms with van der Waals surface area (Å²) in [5.41, 5.74) is 2.25. The Morgan fingerprint density at radius 1 is 1.47 bits per heavy atom. The van der Waals surface area contributed by atoms with E-state index in [0.29, 0.717) is 0 Å². The number of methoxy groups -OCH3 is 1. The minimum atomic E-state index is -0.100. The van der Waals surface area contributed by atoms with Gasteiger partial charge in [0.05, 0.1) is 7.11 Å². The van der Waals surface area contributed by atoms with Gasteiger partial charge in [0.15, 0.2) is 0 Å². The lowest BCUT2D eigenvalue weighted by Crippen LogP contribution is -2.00. The van der Waals surface area contributed by atoms with Crippen molar-refractivity contribution in [2.24, 2.45) is 0 Å². The van der Waals surface area contributed by atoms with Crippen molar-refractivity contribution in [3.05, 3.63) is 29.3 Å². The van der Waals surface area contributed by atoms with E-state index in [1.165, 1.54) is 5.56 Å². The number of aryl methyl sites for hydroxylation is 1. The first-order chi connectivity index (χ1) is 7.22. The molecule has 2 nitrogen and oxygen atoms in total. The van der Waals surface area contributed by atoms with Crippen LogP contribution in [0.3, 0.4) is 0 Å². The first-order valence-corrected chi connectivity index (χ1v) is 5.35. The summed E-state index contributed by atoms with van der Waals surface area (Å²) < 4.78 is 5.24. The molecule has 0 heterocycles. The van der Waals surface area contributed by atoms with Crippen LogP contribution >= 0.6 is 0 Å². The van der Waals surface area contributed by atoms with Crippen molar-refractivity contribution in [2.75, 3.05) is 7.11 Å². The van der Waals surface area contributed by atoms with Gasteiger partial charge in [-0.2, -0.15) is 0 Å². The Hall–Kier alpha value is -1.31. The summed E-state index contributed by atoms with van der Waals surface area (Å²) in [5, 5.41) is 0. The van der Waals surface area contributed by atoms with Gasteiger partial charge < -0.3 is 9.53 Å². The maximum Gasteiger partial charge on any atom is 0.127 e. The van der Waals surface area contributed by atoms with Gasteiger partial charge in [0, 0.05) is 11.5 Å². The molecule has 82 valence electrons. The molecule has 0 aromatic heterocycles. The van der Waals surface area contributed by atoms with E-state index in [-0.39, 0.29) is 5.92 Å². The highest BCUT2D eigenvalue weighted by Gasteiger charge is 2.10. The minimum Gasteiger partial charge on any atom is -0.496 e. The minimum absolute atomic E-state index is 0.100. The Bertz CT molecular complexity index is 331. The van der Waals surface area contributed by atoms with Crippen molar-refractivity contribution in [1.82, 2.24) is 0 Å². The average Bonchev–Trinajstić information content (AvgIpc) is 2.28. The molecule has 1 unspecified atom stereocenters. The highest BCUT2D eigenvalue weighted by Crippen LogP contribution is 2.26. The lowest BCUT2D eigenvalue weighted by Gasteiger charge is -2.12. The second kappa shape index (κ2) is 5.54. The number of rotatable bonds is 5. The summed E-state index contributed by atoms with van der Waals surface area (Å²) >= 11 is 0. The third-order valence-electron chi connectivity index (χ3n) is 2.53. The van der Waals surface area contributed by atoms with Gasteiger partial charge in [-0.3, -0.25) is 0 Å². The second-order valence-corrected chi connectivity index (χ2v) is 3.75. The number of ether oxygens (including phenoxy) is 1. The molecule has 1 atom stereocenters. The highest BCUT2D eigenvalue weighted by atomic mass is 16.5. The lowest BCUT2D eigenvalue weighted by molar-refractivity contribution is -0.108. The first-order valence-electron chi connectivity index (χ1n) is 5.35. The van der Waals surface area contributed by atoms with E-state index >= 15 is 0 Å². The van der Waals surface area contributed by atoms with Crippen molar-refractivity contribution in [3.63, 3.8) is 0 Å². The number of carbonyl (C=O) groups excluding carboxylic acids is 1. The third kappa shape index (κ3) is 2.82. The van der Waals surface area contributed by atoms with Crippen LogP contribution < -0.4 is 4.74 Å². The van der Waals surface area contributed by atoms with Crippen LogP contribution in [0.1, 0.15) is 37.3 Å². The Morgan fingerprint density at radius 2 is 2.20 bits per heavy atom. The van der Waals surface area contributed by atoms with Gasteiger partial charge in [0.2, 0.25) is 0 Å². The van der Waals surface area contributed by atoms with Crippen molar-refractivity contribution < 1.29 is 9.53 Å². The Balaban J connectivity index is 3.06. The molecule has 0 aliphatic heterocycles. The fraction of sp³-hybridized carbons (Fsp3) is 0.462. The molecule has 1 aromatic carbocycles. The fourth-order valence-electron chi connectivity index (χ4n) is 1.66. The van der Waals surface area contributed by atoms with E-state index in [4.69, 9.17) is 4.74 Å². The Morgan fingerprint density at radius 3 is 2.73 bits per heavy atom. The first kappa shape index (κ1) is 11.8. The summed E-state index contributed by atoms with van der Waals surface area (Å²) in [6.45, 7) is 4.04. The number of hydrogen-bond donors (Lipinski definition) is 0. The summed E-state index contributed by atoms with van der Waals surface area (Å²) in [6, 6.07) is 6.07. The van der Waals surface area contributed by atoms with Crippen molar-refractivity contribution >= 4 is 6.29 Å². The van der Waals surface area contributed by atoms with E-state index in [0.717, 1.165) is 30.4 Å². The molecule has 0 N–H and O–H groups in total. The predicted molar refractivity (Wildman–Crippen MR) is 61.5 cm³/mol. The largest absolute Gasteiger partial charge is 0.496 e. The molecule has 1 aromatic rings. The van der Waals surface area contributed by atoms with Crippen LogP contribution in [0.2, 0.25) is 0 Å². The Kier molecular flexibility index (Phi) is 4.35. The molecule has 1 rings (SSSR count). The molecular weight excluding hydrogens is 188 g/mol. The molecular formula is C13H18O2. The molecule has 0 fully saturated rings. The molecule has 0 saturated carbocycles. The standard InChI is InChI=1S/C13H18O2/c1-4-5-11-6-7-13(15-3)12(8-11)10(2)9-14/h6-10H,4-5H2,1-3H3. The average molecular weight is 206 g/mol. The maximum absolute atomic E-state index is 10.8. The highest BCUT2D eigenvalue weighted by molar-refractivity contribution is 5.64. The van der Waals surface area contributed by atoms with Crippen LogP contribution in [-0.4, -0.2) is 13.4 Å². The quantitative estimate of drug-likeness (QED) is 0.692. The molecule has 0 aliphatic rings. The number of carbonyl (C=O) groups is 1. The number of benzene rings is 1. The van der Waals surface area contributed by atoms with E-state index < -0.39 is 0 Å². The molecule has 0 spiro atoms. The molecule has 0 saturated heterocycles. The van der Waals surface area contributed by atoms with E-state index in [2.05, 4.69) is 19.1 Å². The van der Waals surface area contributed by atoms with Crippen LogP contribution in [0, 0.1) is 0 Å². The van der Waals surface area contributed by atoms with Crippen molar-refractivity contribution in [2.45, 2.75) is 32.6 Å². The molecule has 2 heteroatoms. The van der Waals surface area contributed by atoms with Gasteiger partial charge in [-0.1, -0.05) is 32.4 Å². The molecule has 0 aliphatic carbocycles. The monoisotopic (exact) mass is 206 g/mol. The zero-order valence-electron chi connectivity index (χ0n) is 9.62. The van der Waals surface area contributed by atoms with Gasteiger partial charge in [0.1, 0.15) is 12.0 Å². The van der Waals surface area contributed by atoms with Crippen LogP contribution in [0.4, 0.5) is 0 Å². The van der Waals surface area contributed by atoms with E-state index in [9.17, 15) is 4.79 Å². The third-order valence-corrected chi connectivity index (χ3v) is 2.53. The summed E-state index contributed by atoms with van der Waals surface area (Å²) in [6.07, 6.45) is 3.11. The van der Waals surface area contributed by atoms with Crippen LogP contribution in [0.25, 0.3) is 0 Å². The van der Waals surface area contributed by atoms with E-state index in [1.54, 1.807) is 7.11 Å². The van der Waals surface area contributed by atoms with Gasteiger partial charge in [-0.15, -0.1) is 0 Å². The molecule has 15 heavy (non-hydrogen) atoms. The fourth-order valence-corrected chi connectivity index (χ4v) is 1.66. The summed E-state index contributed by atoms with van der Waals surface area (Å²) in [4.78, 5) is 10.8. The molecule has 0 amide bonds. The number of hydrogen-bond acceptors (Lipinski definition) is 2. The van der Waals surface area contributed by atoms with Gasteiger partial charge >= 0.3 is 0 Å². The number of aldehydes is 1. The lowest BCUT2D eigenvalue weighted by atomic mass is 9.97. The van der Waals surface area contributed by atoms with E-state index in [1.807, 2.05) is 13.0 Å². The Labute approximate surface area is 91.3 Å². The second-order valence-electron chi connectivity index (χ2n) is 3.75. The van der Waals surface area contributed by atoms with Crippen LogP contribution in [0.5, 0.6) is 5.75 Å². The normalized spacial score (nSPS) is 12.2. The maximum atomic E-state index is 10.8. The van der Waals surface area contributed by atoms with Gasteiger partial charge in [-0.05, 0) is 18.1 Å². The zero-order valence-corrected chi connectivity index (χ0v) is 9.62. The van der Waals surface area contributed by atoms with Crippen LogP contribution in [0.15, 0.2) is 18.2 Å². The SMILES string of the molecule is CCCc1ccc(OC)c(C(C)C=O)c1. The van der Waals surface area contributed by atoms with Gasteiger partial charge in [-0.25, -0.2) is 0 Å². The molecule has 0 radical (unpaired) electrons. The smallest absolute Gasteiger partial charge is 0.127 e. The molecule has 0 bridgehead atoms. The zero-order chi connectivity index (χ0) is 11.3. The van der Waals surface area contributed by atoms with Crippen molar-refractivity contribution in [3.8, 4) is 5.75 Å². The van der Waals surface area contributed by atoms with Crippen LogP contribution in [-0.2, 0) is 11.2 Å².